The van der Waals surface area contributed by atoms with Crippen molar-refractivity contribution in [1.29, 1.82) is 0 Å². The van der Waals surface area contributed by atoms with E-state index in [9.17, 15) is 19.1 Å². The van der Waals surface area contributed by atoms with Crippen LogP contribution in [0.5, 0.6) is 5.75 Å². The van der Waals surface area contributed by atoms with Gasteiger partial charge in [-0.2, -0.15) is 0 Å². The number of hydrogen-bond donors (Lipinski definition) is 2. The van der Waals surface area contributed by atoms with Crippen LogP contribution in [0.3, 0.4) is 0 Å². The number of ether oxygens (including phenoxy) is 2. The summed E-state index contributed by atoms with van der Waals surface area (Å²) in [7, 11) is 0. The average Bonchev–Trinajstić information content (AvgIpc) is 3.27. The molecule has 1 unspecified atom stereocenters. The second kappa shape index (κ2) is 13.1. The van der Waals surface area contributed by atoms with Crippen LogP contribution in [0.4, 0.5) is 4.39 Å². The Bertz CT molecular complexity index is 1460. The van der Waals surface area contributed by atoms with E-state index in [0.717, 1.165) is 38.0 Å². The van der Waals surface area contributed by atoms with Gasteiger partial charge in [-0.1, -0.05) is 23.7 Å². The van der Waals surface area contributed by atoms with Gasteiger partial charge in [-0.05, 0) is 61.9 Å². The van der Waals surface area contributed by atoms with E-state index in [4.69, 9.17) is 26.1 Å². The fourth-order valence-corrected chi connectivity index (χ4v) is 5.64. The maximum absolute atomic E-state index is 14.2. The summed E-state index contributed by atoms with van der Waals surface area (Å²) in [4.78, 5) is 36.9. The molecular formula is C31H34ClFN4O5. The number of hydrogen-bond acceptors (Lipinski definition) is 7. The van der Waals surface area contributed by atoms with Gasteiger partial charge in [-0.15, -0.1) is 0 Å². The minimum Gasteiger partial charge on any atom is -0.494 e. The Kier molecular flexibility index (Phi) is 9.35. The number of aliphatic hydroxyl groups is 1. The van der Waals surface area contributed by atoms with E-state index in [1.54, 1.807) is 25.3 Å². The molecule has 0 spiro atoms. The minimum absolute atomic E-state index is 0.233. The molecule has 2 aliphatic heterocycles. The predicted octanol–water partition coefficient (Wildman–Crippen LogP) is 4.50. The smallest absolute Gasteiger partial charge is 0.254 e. The fourth-order valence-electron chi connectivity index (χ4n) is 5.44. The SMILES string of the molecule is CCOc1cc(F)cc(C(NC(=O)CN2Cc3ccc(-c4nc(CC5CCOCC5)ncc4Cl)cc3C2=O)[C@H](C)O)c1. The minimum atomic E-state index is -1.02. The lowest BCUT2D eigenvalue weighted by molar-refractivity contribution is -0.123. The summed E-state index contributed by atoms with van der Waals surface area (Å²) in [6, 6.07) is 8.63. The van der Waals surface area contributed by atoms with Crippen molar-refractivity contribution in [2.24, 2.45) is 5.92 Å². The van der Waals surface area contributed by atoms with Crippen molar-refractivity contribution >= 4 is 23.4 Å². The first kappa shape index (κ1) is 29.9. The van der Waals surface area contributed by atoms with Gasteiger partial charge in [-0.3, -0.25) is 9.59 Å². The number of aliphatic hydroxyl groups excluding tert-OH is 1. The lowest BCUT2D eigenvalue weighted by Gasteiger charge is -2.24. The molecule has 0 bridgehead atoms. The molecule has 3 heterocycles. The first-order chi connectivity index (χ1) is 20.2. The molecule has 2 atom stereocenters. The highest BCUT2D eigenvalue weighted by Crippen LogP contribution is 2.32. The molecule has 5 rings (SSSR count). The molecule has 42 heavy (non-hydrogen) atoms. The second-order valence-electron chi connectivity index (χ2n) is 10.7. The van der Waals surface area contributed by atoms with E-state index < -0.39 is 23.9 Å². The molecule has 1 fully saturated rings. The summed E-state index contributed by atoms with van der Waals surface area (Å²) in [5.41, 5.74) is 2.86. The molecule has 0 saturated carbocycles. The van der Waals surface area contributed by atoms with Gasteiger partial charge >= 0.3 is 0 Å². The molecular weight excluding hydrogens is 563 g/mol. The number of amides is 2. The maximum atomic E-state index is 14.2. The topological polar surface area (TPSA) is 114 Å². The van der Waals surface area contributed by atoms with Crippen LogP contribution in [-0.2, 0) is 22.5 Å². The van der Waals surface area contributed by atoms with Gasteiger partial charge in [0.15, 0.2) is 0 Å². The van der Waals surface area contributed by atoms with E-state index in [1.165, 1.54) is 24.0 Å². The summed E-state index contributed by atoms with van der Waals surface area (Å²) in [5.74, 6) is 0.124. The van der Waals surface area contributed by atoms with Crippen LogP contribution < -0.4 is 10.1 Å². The highest BCUT2D eigenvalue weighted by atomic mass is 35.5. The van der Waals surface area contributed by atoms with Crippen LogP contribution in [0.1, 0.15) is 60.0 Å². The number of nitrogens with one attached hydrogen (secondary N) is 1. The largest absolute Gasteiger partial charge is 0.494 e. The van der Waals surface area contributed by atoms with Crippen LogP contribution in [0.15, 0.2) is 42.6 Å². The second-order valence-corrected chi connectivity index (χ2v) is 11.1. The molecule has 1 saturated heterocycles. The van der Waals surface area contributed by atoms with E-state index in [0.29, 0.717) is 51.5 Å². The van der Waals surface area contributed by atoms with Crippen molar-refractivity contribution < 1.29 is 28.6 Å². The average molecular weight is 597 g/mol. The highest BCUT2D eigenvalue weighted by Gasteiger charge is 2.31. The summed E-state index contributed by atoms with van der Waals surface area (Å²) in [6.45, 7) is 5.13. The third-order valence-electron chi connectivity index (χ3n) is 7.57. The molecule has 0 aliphatic carbocycles. The summed E-state index contributed by atoms with van der Waals surface area (Å²) in [5, 5.41) is 13.5. The zero-order valence-electron chi connectivity index (χ0n) is 23.6. The van der Waals surface area contributed by atoms with Crippen molar-refractivity contribution in [3.63, 3.8) is 0 Å². The summed E-state index contributed by atoms with van der Waals surface area (Å²) >= 11 is 6.47. The van der Waals surface area contributed by atoms with Crippen LogP contribution in [0.25, 0.3) is 11.3 Å². The molecule has 2 aromatic carbocycles. The molecule has 2 aliphatic rings. The van der Waals surface area contributed by atoms with Crippen LogP contribution in [0, 0.1) is 11.7 Å². The van der Waals surface area contributed by atoms with E-state index in [-0.39, 0.29) is 19.0 Å². The predicted molar refractivity (Wildman–Crippen MR) is 155 cm³/mol. The Labute approximate surface area is 249 Å². The molecule has 0 radical (unpaired) electrons. The van der Waals surface area contributed by atoms with Crippen molar-refractivity contribution in [3.8, 4) is 17.0 Å². The first-order valence-electron chi connectivity index (χ1n) is 14.1. The fraction of sp³-hybridized carbons (Fsp3) is 0.419. The third-order valence-corrected chi connectivity index (χ3v) is 7.84. The first-order valence-corrected chi connectivity index (χ1v) is 14.5. The molecule has 1 aromatic heterocycles. The number of benzene rings is 2. The Morgan fingerprint density at radius 3 is 2.79 bits per heavy atom. The number of aromatic nitrogens is 2. The third kappa shape index (κ3) is 6.88. The monoisotopic (exact) mass is 596 g/mol. The molecule has 2 N–H and O–H groups in total. The zero-order valence-corrected chi connectivity index (χ0v) is 24.4. The van der Waals surface area contributed by atoms with E-state index in [1.807, 2.05) is 12.1 Å². The lowest BCUT2D eigenvalue weighted by atomic mass is 9.96. The highest BCUT2D eigenvalue weighted by molar-refractivity contribution is 6.32. The number of nitrogens with zero attached hydrogens (tertiary/aromatic N) is 3. The van der Waals surface area contributed by atoms with Gasteiger partial charge in [0.1, 0.15) is 23.9 Å². The number of carbonyl (C=O) groups excluding carboxylic acids is 2. The van der Waals surface area contributed by atoms with Gasteiger partial charge in [0.05, 0.1) is 29.5 Å². The van der Waals surface area contributed by atoms with Crippen molar-refractivity contribution in [2.75, 3.05) is 26.4 Å². The Balaban J connectivity index is 1.28. The van der Waals surface area contributed by atoms with Gasteiger partial charge in [-0.25, -0.2) is 14.4 Å². The lowest BCUT2D eigenvalue weighted by Crippen LogP contribution is -2.41. The van der Waals surface area contributed by atoms with Crippen molar-refractivity contribution in [2.45, 2.75) is 51.8 Å². The standard InChI is InChI=1S/C31H34ClFN4O5/c1-3-42-24-12-22(11-23(33)14-24)29(18(2)38)36-28(39)17-37-16-21-5-4-20(13-25(21)31(37)40)30-26(32)15-34-27(35-30)10-19-6-8-41-9-7-19/h4-5,11-15,18-19,29,38H,3,6-10,16-17H2,1-2H3,(H,36,39)/t18-,29?/m0/s1. The summed E-state index contributed by atoms with van der Waals surface area (Å²) in [6.07, 6.45) is 3.24. The molecule has 3 aromatic rings. The molecule has 9 nitrogen and oxygen atoms in total. The Hall–Kier alpha value is -3.60. The van der Waals surface area contributed by atoms with Gasteiger partial charge in [0.2, 0.25) is 5.91 Å². The Morgan fingerprint density at radius 2 is 2.05 bits per heavy atom. The van der Waals surface area contributed by atoms with Crippen LogP contribution in [-0.4, -0.2) is 64.3 Å². The maximum Gasteiger partial charge on any atom is 0.254 e. The van der Waals surface area contributed by atoms with Crippen LogP contribution in [0.2, 0.25) is 5.02 Å². The van der Waals surface area contributed by atoms with Gasteiger partial charge in [0.25, 0.3) is 5.91 Å². The van der Waals surface area contributed by atoms with E-state index in [2.05, 4.69) is 10.3 Å². The number of carbonyl (C=O) groups is 2. The number of fused-ring (bicyclic) bond motifs is 1. The molecule has 222 valence electrons. The molecule has 11 heteroatoms. The van der Waals surface area contributed by atoms with Crippen molar-refractivity contribution in [3.05, 3.63) is 75.9 Å². The van der Waals surface area contributed by atoms with Gasteiger partial charge < -0.3 is 24.8 Å². The molecule has 2 amide bonds. The normalized spacial score (nSPS) is 16.7. The summed E-state index contributed by atoms with van der Waals surface area (Å²) < 4.78 is 25.1. The van der Waals surface area contributed by atoms with Crippen LogP contribution >= 0.6 is 11.6 Å². The quantitative estimate of drug-likeness (QED) is 0.354. The van der Waals surface area contributed by atoms with Gasteiger partial charge in [0, 0.05) is 49.6 Å². The Morgan fingerprint density at radius 1 is 1.26 bits per heavy atom. The number of rotatable bonds is 10. The number of halogens is 2. The zero-order chi connectivity index (χ0) is 29.8. The van der Waals surface area contributed by atoms with E-state index >= 15 is 0 Å². The van der Waals surface area contributed by atoms with Crippen molar-refractivity contribution in [1.82, 2.24) is 20.2 Å².